The summed E-state index contributed by atoms with van der Waals surface area (Å²) in [4.78, 5) is 13.3. The zero-order valence-electron chi connectivity index (χ0n) is 10.5. The van der Waals surface area contributed by atoms with E-state index in [9.17, 15) is 13.2 Å². The van der Waals surface area contributed by atoms with Crippen molar-refractivity contribution in [1.29, 1.82) is 0 Å². The van der Waals surface area contributed by atoms with E-state index in [4.69, 9.17) is 5.84 Å². The molecule has 3 N–H and O–H groups in total. The Morgan fingerprint density at radius 1 is 1.25 bits per heavy atom. The van der Waals surface area contributed by atoms with Crippen molar-refractivity contribution < 1.29 is 13.2 Å². The maximum atomic E-state index is 12.5. The molecule has 2 heterocycles. The number of aromatic nitrogens is 5. The number of nitrogens with zero attached hydrogens (tertiary/aromatic N) is 6. The fourth-order valence-electron chi connectivity index (χ4n) is 1.30. The predicted octanol–water partition coefficient (Wildman–Crippen LogP) is 0.428. The average molecular weight is 288 g/mol. The molecular formula is C9H11F3N8. The third kappa shape index (κ3) is 2.77. The van der Waals surface area contributed by atoms with Crippen LogP contribution in [0.15, 0.2) is 12.4 Å². The van der Waals surface area contributed by atoms with Crippen LogP contribution in [-0.4, -0.2) is 38.8 Å². The number of nitrogens with one attached hydrogen (secondary N) is 1. The van der Waals surface area contributed by atoms with E-state index in [0.29, 0.717) is 6.20 Å². The first kappa shape index (κ1) is 14.0. The van der Waals surface area contributed by atoms with E-state index in [-0.39, 0.29) is 17.8 Å². The van der Waals surface area contributed by atoms with Gasteiger partial charge in [0.25, 0.3) is 5.95 Å². The number of nitrogens with two attached hydrogens (primary N) is 1. The fraction of sp³-hybridized carbons (Fsp3) is 0.333. The van der Waals surface area contributed by atoms with Gasteiger partial charge in [-0.1, -0.05) is 0 Å². The van der Waals surface area contributed by atoms with Crippen molar-refractivity contribution in [3.8, 4) is 5.95 Å². The highest BCUT2D eigenvalue weighted by Gasteiger charge is 2.32. The van der Waals surface area contributed by atoms with Crippen LogP contribution in [-0.2, 0) is 6.18 Å². The molecule has 0 aliphatic rings. The van der Waals surface area contributed by atoms with Crippen molar-refractivity contribution in [2.45, 2.75) is 6.18 Å². The first-order chi connectivity index (χ1) is 9.31. The summed E-state index contributed by atoms with van der Waals surface area (Å²) in [5, 5.41) is 3.59. The molecule has 0 bridgehead atoms. The van der Waals surface area contributed by atoms with E-state index in [1.165, 1.54) is 0 Å². The molecule has 0 fully saturated rings. The molecule has 0 saturated heterocycles. The van der Waals surface area contributed by atoms with Crippen molar-refractivity contribution >= 4 is 11.9 Å². The van der Waals surface area contributed by atoms with E-state index in [1.54, 1.807) is 19.0 Å². The van der Waals surface area contributed by atoms with E-state index < -0.39 is 11.7 Å². The standard InChI is InChI=1S/C9H11F3N8/c1-19(2)7-15-6(18-13)16-8(17-7)20-4-5(3-14-20)9(10,11)12/h3-4H,13H2,1-2H3,(H,15,16,17,18). The van der Waals surface area contributed by atoms with Crippen LogP contribution in [0.25, 0.3) is 5.95 Å². The SMILES string of the molecule is CN(C)c1nc(NN)nc(-n2cc(C(F)(F)F)cn2)n1. The maximum Gasteiger partial charge on any atom is 0.419 e. The van der Waals surface area contributed by atoms with Crippen LogP contribution in [0.5, 0.6) is 0 Å². The number of hydrogen-bond donors (Lipinski definition) is 2. The Balaban J connectivity index is 2.46. The molecule has 20 heavy (non-hydrogen) atoms. The van der Waals surface area contributed by atoms with Crippen molar-refractivity contribution in [3.63, 3.8) is 0 Å². The molecule has 0 radical (unpaired) electrons. The number of nitrogen functional groups attached to an aromatic ring is 1. The van der Waals surface area contributed by atoms with E-state index in [0.717, 1.165) is 10.9 Å². The number of anilines is 2. The van der Waals surface area contributed by atoms with Gasteiger partial charge in [0.15, 0.2) is 0 Å². The zero-order chi connectivity index (χ0) is 14.9. The normalized spacial score (nSPS) is 11.5. The summed E-state index contributed by atoms with van der Waals surface area (Å²) >= 11 is 0. The first-order valence-corrected chi connectivity index (χ1v) is 5.33. The topological polar surface area (TPSA) is 97.8 Å². The Kier molecular flexibility index (Phi) is 3.44. The van der Waals surface area contributed by atoms with Crippen LogP contribution in [0.2, 0.25) is 0 Å². The number of halogens is 3. The second-order valence-corrected chi connectivity index (χ2v) is 3.97. The Morgan fingerprint density at radius 2 is 1.95 bits per heavy atom. The van der Waals surface area contributed by atoms with Crippen molar-refractivity contribution in [3.05, 3.63) is 18.0 Å². The van der Waals surface area contributed by atoms with E-state index in [2.05, 4.69) is 25.5 Å². The highest BCUT2D eigenvalue weighted by atomic mass is 19.4. The summed E-state index contributed by atoms with van der Waals surface area (Å²) in [6, 6.07) is 0. The highest BCUT2D eigenvalue weighted by Crippen LogP contribution is 2.28. The molecule has 2 rings (SSSR count). The van der Waals surface area contributed by atoms with Gasteiger partial charge in [-0.25, -0.2) is 10.5 Å². The predicted molar refractivity (Wildman–Crippen MR) is 64.1 cm³/mol. The lowest BCUT2D eigenvalue weighted by Gasteiger charge is -2.12. The number of hydrazine groups is 1. The molecular weight excluding hydrogens is 277 g/mol. The molecule has 0 aliphatic heterocycles. The van der Waals surface area contributed by atoms with Crippen molar-refractivity contribution in [1.82, 2.24) is 24.7 Å². The van der Waals surface area contributed by atoms with Gasteiger partial charge in [-0.2, -0.15) is 33.2 Å². The average Bonchev–Trinajstić information content (AvgIpc) is 2.87. The van der Waals surface area contributed by atoms with Gasteiger partial charge in [0.2, 0.25) is 11.9 Å². The summed E-state index contributed by atoms with van der Waals surface area (Å²) in [5.74, 6) is 5.38. The van der Waals surface area contributed by atoms with Crippen LogP contribution < -0.4 is 16.2 Å². The quantitative estimate of drug-likeness (QED) is 0.624. The molecule has 2 aromatic heterocycles. The Labute approximate surface area is 111 Å². The minimum Gasteiger partial charge on any atom is -0.347 e. The summed E-state index contributed by atoms with van der Waals surface area (Å²) in [6.45, 7) is 0. The lowest BCUT2D eigenvalue weighted by atomic mass is 10.4. The molecule has 11 heteroatoms. The lowest BCUT2D eigenvalue weighted by Crippen LogP contribution is -2.19. The first-order valence-electron chi connectivity index (χ1n) is 5.33. The molecule has 0 aliphatic carbocycles. The largest absolute Gasteiger partial charge is 0.419 e. The molecule has 108 valence electrons. The molecule has 0 aromatic carbocycles. The molecule has 0 saturated carbocycles. The monoisotopic (exact) mass is 288 g/mol. The molecule has 0 atom stereocenters. The van der Waals surface area contributed by atoms with Gasteiger partial charge < -0.3 is 4.90 Å². The van der Waals surface area contributed by atoms with Crippen LogP contribution in [0.3, 0.4) is 0 Å². The highest BCUT2D eigenvalue weighted by molar-refractivity contribution is 5.38. The van der Waals surface area contributed by atoms with Crippen molar-refractivity contribution in [2.75, 3.05) is 24.4 Å². The number of rotatable bonds is 3. The van der Waals surface area contributed by atoms with Crippen molar-refractivity contribution in [2.24, 2.45) is 5.84 Å². The van der Waals surface area contributed by atoms with Gasteiger partial charge in [0.1, 0.15) is 0 Å². The molecule has 0 unspecified atom stereocenters. The second kappa shape index (κ2) is 4.92. The van der Waals surface area contributed by atoms with Crippen LogP contribution >= 0.6 is 0 Å². The summed E-state index contributed by atoms with van der Waals surface area (Å²) in [5.41, 5.74) is 1.32. The lowest BCUT2D eigenvalue weighted by molar-refractivity contribution is -0.137. The summed E-state index contributed by atoms with van der Waals surface area (Å²) in [7, 11) is 3.34. The Hall–Kier alpha value is -2.43. The third-order valence-electron chi connectivity index (χ3n) is 2.26. The van der Waals surface area contributed by atoms with Gasteiger partial charge in [-0.3, -0.25) is 5.43 Å². The molecule has 2 aromatic rings. The van der Waals surface area contributed by atoms with Gasteiger partial charge in [0.05, 0.1) is 11.8 Å². The number of alkyl halides is 3. The van der Waals surface area contributed by atoms with Gasteiger partial charge in [-0.15, -0.1) is 0 Å². The summed E-state index contributed by atoms with van der Waals surface area (Å²) in [6.07, 6.45) is -3.01. The maximum absolute atomic E-state index is 12.5. The van der Waals surface area contributed by atoms with E-state index in [1.807, 2.05) is 0 Å². The molecule has 0 spiro atoms. The number of hydrogen-bond acceptors (Lipinski definition) is 7. The zero-order valence-corrected chi connectivity index (χ0v) is 10.5. The van der Waals surface area contributed by atoms with Crippen LogP contribution in [0, 0.1) is 0 Å². The minimum atomic E-state index is -4.48. The smallest absolute Gasteiger partial charge is 0.347 e. The second-order valence-electron chi connectivity index (χ2n) is 3.97. The fourth-order valence-corrected chi connectivity index (χ4v) is 1.30. The minimum absolute atomic E-state index is 0.0164. The Bertz CT molecular complexity index is 605. The molecule has 0 amide bonds. The van der Waals surface area contributed by atoms with Gasteiger partial charge in [-0.05, 0) is 0 Å². The van der Waals surface area contributed by atoms with Gasteiger partial charge in [0, 0.05) is 20.3 Å². The Morgan fingerprint density at radius 3 is 2.45 bits per heavy atom. The van der Waals surface area contributed by atoms with Crippen LogP contribution in [0.1, 0.15) is 5.56 Å². The van der Waals surface area contributed by atoms with E-state index >= 15 is 0 Å². The van der Waals surface area contributed by atoms with Crippen LogP contribution in [0.4, 0.5) is 25.1 Å². The third-order valence-corrected chi connectivity index (χ3v) is 2.26. The van der Waals surface area contributed by atoms with Gasteiger partial charge >= 0.3 is 6.18 Å². The summed E-state index contributed by atoms with van der Waals surface area (Å²) < 4.78 is 38.5. The molecule has 8 nitrogen and oxygen atoms in total.